The van der Waals surface area contributed by atoms with Crippen molar-refractivity contribution in [3.8, 4) is 0 Å². The molecule has 2 aromatic heterocycles. The van der Waals surface area contributed by atoms with Crippen LogP contribution in [-0.2, 0) is 12.8 Å². The van der Waals surface area contributed by atoms with Crippen LogP contribution >= 0.6 is 0 Å². The largest absolute Gasteiger partial charge is 0.354 e. The topological polar surface area (TPSA) is 241 Å². The first kappa shape index (κ1) is 45.0. The molecule has 0 spiro atoms. The Hall–Kier alpha value is -6.14. The maximum atomic E-state index is 8.49. The molecular weight excluding hydrogens is 811 g/mol. The van der Waals surface area contributed by atoms with E-state index >= 15 is 0 Å². The van der Waals surface area contributed by atoms with E-state index in [0.29, 0.717) is 0 Å². The van der Waals surface area contributed by atoms with Crippen molar-refractivity contribution in [1.29, 1.82) is 0 Å². The second kappa shape index (κ2) is 21.2. The first-order chi connectivity index (χ1) is 28.6. The molecule has 308 valence electrons. The molecule has 14 nitrogen and oxygen atoms in total. The van der Waals surface area contributed by atoms with Crippen molar-refractivity contribution in [2.45, 2.75) is 26.7 Å². The molecule has 1 aliphatic heterocycles. The van der Waals surface area contributed by atoms with Crippen molar-refractivity contribution in [3.05, 3.63) is 192 Å². The third-order valence-corrected chi connectivity index (χ3v) is 8.62. The Bertz CT molecular complexity index is 2250. The van der Waals surface area contributed by atoms with E-state index in [4.69, 9.17) is 47.3 Å². The summed E-state index contributed by atoms with van der Waals surface area (Å²) in [5.41, 5.74) is 12.5. The standard InChI is InChI=1S/C44H40N6.2ClHO4/c1-33-13-15-41-43(25-33)47-31-39(49-21-17-37(18-22-49)27-35-9-5-3-6-10-35)30-46-42-16-14-34(2)26-44(42)48-32-40(29-45-41)50-23-19-38(20-24-50)28-36-11-7-4-8-12-36;2*2-1(3,4)5/h3-26,29-32,47-48H,27-28H2,1-2H3;2*(H,2,3,4,5)/q+2;;/p-2/b39-31+,40-32+,45-29?,46-30?;;. The lowest BCUT2D eigenvalue weighted by molar-refractivity contribution is -2.00. The lowest BCUT2D eigenvalue weighted by Crippen LogP contribution is -2.68. The number of anilines is 2. The monoisotopic (exact) mass is 850 g/mol. The highest BCUT2D eigenvalue weighted by atomic mass is 35.7. The van der Waals surface area contributed by atoms with Gasteiger partial charge in [-0.1, -0.05) is 72.8 Å². The second-order valence-electron chi connectivity index (χ2n) is 13.3. The van der Waals surface area contributed by atoms with Crippen molar-refractivity contribution in [2.75, 3.05) is 10.6 Å². The normalized spacial score (nSPS) is 14.4. The summed E-state index contributed by atoms with van der Waals surface area (Å²) in [4.78, 5) is 10.0. The molecule has 1 aliphatic rings. The van der Waals surface area contributed by atoms with Crippen molar-refractivity contribution in [3.63, 3.8) is 0 Å². The maximum Gasteiger partial charge on any atom is 0.245 e. The van der Waals surface area contributed by atoms with Crippen LogP contribution in [0.15, 0.2) is 168 Å². The van der Waals surface area contributed by atoms with Crippen LogP contribution in [0.5, 0.6) is 0 Å². The molecule has 4 aromatic carbocycles. The fraction of sp³-hybridized carbons (Fsp3) is 0.0909. The highest BCUT2D eigenvalue weighted by Crippen LogP contribution is 2.29. The van der Waals surface area contributed by atoms with Crippen molar-refractivity contribution >= 4 is 46.6 Å². The molecule has 0 radical (unpaired) electrons. The minimum absolute atomic E-state index is 0.826. The molecular formula is C44H40Cl2N6O8. The molecule has 60 heavy (non-hydrogen) atoms. The molecule has 0 amide bonds. The zero-order valence-electron chi connectivity index (χ0n) is 32.4. The molecule has 0 saturated heterocycles. The number of pyridine rings is 2. The van der Waals surface area contributed by atoms with E-state index in [0.717, 1.165) is 58.1 Å². The number of hydrogen-bond donors (Lipinski definition) is 2. The number of nitrogens with zero attached hydrogens (tertiary/aromatic N) is 4. The fourth-order valence-electron chi connectivity index (χ4n) is 5.85. The molecule has 0 bridgehead atoms. The number of halogens is 2. The molecule has 0 aliphatic carbocycles. The fourth-order valence-corrected chi connectivity index (χ4v) is 5.85. The van der Waals surface area contributed by atoms with Crippen LogP contribution in [0.2, 0.25) is 0 Å². The van der Waals surface area contributed by atoms with Gasteiger partial charge in [0.25, 0.3) is 0 Å². The van der Waals surface area contributed by atoms with E-state index in [1.807, 2.05) is 37.0 Å². The molecule has 0 fully saturated rings. The lowest BCUT2D eigenvalue weighted by atomic mass is 10.1. The molecule has 3 heterocycles. The first-order valence-electron chi connectivity index (χ1n) is 18.1. The van der Waals surface area contributed by atoms with Gasteiger partial charge in [-0.2, -0.15) is 9.13 Å². The van der Waals surface area contributed by atoms with E-state index in [9.17, 15) is 0 Å². The quantitative estimate of drug-likeness (QED) is 0.204. The van der Waals surface area contributed by atoms with Crippen LogP contribution in [0.3, 0.4) is 0 Å². The van der Waals surface area contributed by atoms with E-state index in [1.54, 1.807) is 0 Å². The summed E-state index contributed by atoms with van der Waals surface area (Å²) in [6, 6.07) is 42.2. The first-order valence-corrected chi connectivity index (χ1v) is 20.6. The second-order valence-corrected chi connectivity index (χ2v) is 14.8. The Morgan fingerprint density at radius 1 is 0.450 bits per heavy atom. The molecule has 2 N–H and O–H groups in total. The van der Waals surface area contributed by atoms with Crippen LogP contribution in [-0.4, -0.2) is 12.4 Å². The average molecular weight is 852 g/mol. The lowest BCUT2D eigenvalue weighted by Gasteiger charge is -2.17. The number of allylic oxidation sites excluding steroid dienone is 2. The van der Waals surface area contributed by atoms with Gasteiger partial charge in [0, 0.05) is 24.3 Å². The highest BCUT2D eigenvalue weighted by molar-refractivity contribution is 6.02. The summed E-state index contributed by atoms with van der Waals surface area (Å²) in [6.45, 7) is 4.18. The molecule has 0 atom stereocenters. The van der Waals surface area contributed by atoms with Crippen LogP contribution in [0, 0.1) is 34.3 Å². The summed E-state index contributed by atoms with van der Waals surface area (Å²) in [6.07, 6.45) is 17.9. The van der Waals surface area contributed by atoms with Gasteiger partial charge in [0.2, 0.25) is 11.4 Å². The summed E-state index contributed by atoms with van der Waals surface area (Å²) in [5, 5.41) is 7.10. The number of aliphatic imine (C=N–C) groups is 2. The van der Waals surface area contributed by atoms with Gasteiger partial charge in [-0.25, -0.2) is 47.3 Å². The van der Waals surface area contributed by atoms with E-state index in [-0.39, 0.29) is 0 Å². The van der Waals surface area contributed by atoms with Gasteiger partial charge in [0.15, 0.2) is 24.8 Å². The zero-order chi connectivity index (χ0) is 43.1. The van der Waals surface area contributed by atoms with Gasteiger partial charge in [0.1, 0.15) is 12.4 Å². The Balaban J connectivity index is 0.000000613. The third-order valence-electron chi connectivity index (χ3n) is 8.62. The molecule has 7 rings (SSSR count). The van der Waals surface area contributed by atoms with Crippen molar-refractivity contribution < 1.29 is 66.9 Å². The van der Waals surface area contributed by atoms with Gasteiger partial charge in [0.05, 0.1) is 35.1 Å². The SMILES string of the molecule is Cc1ccc2c(c1)N/C=C(/[n+]1ccc(Cc3ccccc3)cc1)C=Nc1ccc(C)cc1N/C=C(/[n+]1ccc(Cc3ccccc3)cc1)C=N2.[O-][Cl+3]([O-])([O-])[O-].[O-][Cl+3]([O-])([O-])[O-]. The molecule has 16 heteroatoms. The molecule has 0 saturated carbocycles. The predicted molar refractivity (Wildman–Crippen MR) is 206 cm³/mol. The summed E-state index contributed by atoms with van der Waals surface area (Å²) >= 11 is 0. The summed E-state index contributed by atoms with van der Waals surface area (Å²) < 4.78 is 72.1. The number of hydrogen-bond acceptors (Lipinski definition) is 12. The number of nitrogens with one attached hydrogen (secondary N) is 2. The number of fused-ring (bicyclic) bond motifs is 2. The van der Waals surface area contributed by atoms with E-state index < -0.39 is 20.5 Å². The van der Waals surface area contributed by atoms with Crippen LogP contribution in [0.4, 0.5) is 22.7 Å². The summed E-state index contributed by atoms with van der Waals surface area (Å²) in [5.74, 6) is 0. The number of aryl methyl sites for hydroxylation is 2. The number of rotatable bonds is 6. The smallest absolute Gasteiger partial charge is 0.245 e. The molecule has 0 unspecified atom stereocenters. The predicted octanol–water partition coefficient (Wildman–Crippen LogP) is -0.513. The number of benzene rings is 4. The van der Waals surface area contributed by atoms with Crippen LogP contribution in [0.1, 0.15) is 33.4 Å². The average Bonchev–Trinajstić information content (AvgIpc) is 3.19. The minimum atomic E-state index is -4.94. The number of aromatic nitrogens is 2. The Labute approximate surface area is 351 Å². The van der Waals surface area contributed by atoms with Gasteiger partial charge in [-0.05, 0) is 84.3 Å². The van der Waals surface area contributed by atoms with Crippen molar-refractivity contribution in [1.82, 2.24) is 0 Å². The summed E-state index contributed by atoms with van der Waals surface area (Å²) in [7, 11) is -9.89. The van der Waals surface area contributed by atoms with Crippen LogP contribution in [0.25, 0.3) is 11.4 Å². The maximum absolute atomic E-state index is 8.49. The zero-order valence-corrected chi connectivity index (χ0v) is 33.9. The van der Waals surface area contributed by atoms with Gasteiger partial charge in [-0.3, -0.25) is 0 Å². The Kier molecular flexibility index (Phi) is 15.9. The Morgan fingerprint density at radius 2 is 0.767 bits per heavy atom. The third kappa shape index (κ3) is 15.9. The van der Waals surface area contributed by atoms with Gasteiger partial charge < -0.3 is 10.6 Å². The van der Waals surface area contributed by atoms with E-state index in [2.05, 4.69) is 168 Å². The van der Waals surface area contributed by atoms with Gasteiger partial charge in [-0.15, -0.1) is 20.5 Å². The highest BCUT2D eigenvalue weighted by Gasteiger charge is 2.14. The van der Waals surface area contributed by atoms with Gasteiger partial charge >= 0.3 is 0 Å². The van der Waals surface area contributed by atoms with Crippen LogP contribution < -0.4 is 57.0 Å². The van der Waals surface area contributed by atoms with E-state index in [1.165, 1.54) is 22.3 Å². The molecule has 6 aromatic rings. The van der Waals surface area contributed by atoms with Crippen molar-refractivity contribution in [2.24, 2.45) is 9.98 Å². The minimum Gasteiger partial charge on any atom is -0.354 e. The Morgan fingerprint density at radius 3 is 1.10 bits per heavy atom.